The van der Waals surface area contributed by atoms with Crippen molar-refractivity contribution in [2.24, 2.45) is 0 Å². The summed E-state index contributed by atoms with van der Waals surface area (Å²) in [4.78, 5) is 24.7. The third kappa shape index (κ3) is 3.97. The van der Waals surface area contributed by atoms with Gasteiger partial charge < -0.3 is 15.3 Å². The maximum absolute atomic E-state index is 12.2. The minimum Gasteiger partial charge on any atom is -0.481 e. The van der Waals surface area contributed by atoms with Crippen LogP contribution in [0.4, 0.5) is 10.5 Å². The number of carboxylic acids is 1. The molecular weight excluding hydrogens is 268 g/mol. The monoisotopic (exact) mass is 290 g/mol. The predicted molar refractivity (Wildman–Crippen MR) is 81.5 cm³/mol. The van der Waals surface area contributed by atoms with Gasteiger partial charge in [-0.15, -0.1) is 0 Å². The van der Waals surface area contributed by atoms with Crippen LogP contribution >= 0.6 is 0 Å². The largest absolute Gasteiger partial charge is 0.481 e. The van der Waals surface area contributed by atoms with Crippen LogP contribution in [0, 0.1) is 0 Å². The molecule has 1 saturated heterocycles. The van der Waals surface area contributed by atoms with E-state index >= 15 is 0 Å². The number of likely N-dealkylation sites (tertiary alicyclic amines) is 1. The molecule has 2 rings (SSSR count). The Hall–Kier alpha value is -2.04. The number of carbonyl (C=O) groups is 2. The number of amides is 2. The van der Waals surface area contributed by atoms with Crippen LogP contribution in [0.15, 0.2) is 24.3 Å². The highest BCUT2D eigenvalue weighted by Gasteiger charge is 2.30. The fourth-order valence-electron chi connectivity index (χ4n) is 2.66. The van der Waals surface area contributed by atoms with Crippen molar-refractivity contribution in [2.45, 2.75) is 45.1 Å². The lowest BCUT2D eigenvalue weighted by Gasteiger charge is -2.23. The van der Waals surface area contributed by atoms with Crippen molar-refractivity contribution in [1.29, 1.82) is 0 Å². The van der Waals surface area contributed by atoms with Gasteiger partial charge in [0.05, 0.1) is 6.42 Å². The molecule has 0 aromatic heterocycles. The quantitative estimate of drug-likeness (QED) is 0.894. The Morgan fingerprint density at radius 3 is 2.57 bits per heavy atom. The molecular formula is C16H22N2O3. The van der Waals surface area contributed by atoms with E-state index in [1.807, 2.05) is 24.3 Å². The van der Waals surface area contributed by atoms with Crippen LogP contribution in [0.2, 0.25) is 0 Å². The number of rotatable bonds is 4. The van der Waals surface area contributed by atoms with Gasteiger partial charge in [-0.3, -0.25) is 4.79 Å². The van der Waals surface area contributed by atoms with Gasteiger partial charge in [-0.2, -0.15) is 0 Å². The first-order valence-electron chi connectivity index (χ1n) is 7.36. The number of carboxylic acid groups (broad SMARTS) is 1. The smallest absolute Gasteiger partial charge is 0.322 e. The zero-order valence-corrected chi connectivity index (χ0v) is 12.5. The first-order chi connectivity index (χ1) is 9.97. The number of anilines is 1. The zero-order chi connectivity index (χ0) is 15.4. The highest BCUT2D eigenvalue weighted by Crippen LogP contribution is 2.22. The Kier molecular flexibility index (Phi) is 4.83. The van der Waals surface area contributed by atoms with Crippen molar-refractivity contribution in [2.75, 3.05) is 11.9 Å². The van der Waals surface area contributed by atoms with E-state index in [4.69, 9.17) is 5.11 Å². The molecule has 2 N–H and O–H groups in total. The fourth-order valence-corrected chi connectivity index (χ4v) is 2.66. The Morgan fingerprint density at radius 1 is 1.33 bits per heavy atom. The maximum atomic E-state index is 12.2. The molecule has 1 heterocycles. The number of benzene rings is 1. The molecule has 1 atom stereocenters. The summed E-state index contributed by atoms with van der Waals surface area (Å²) in [6.07, 6.45) is 1.63. The second kappa shape index (κ2) is 6.61. The normalized spacial score (nSPS) is 18.0. The highest BCUT2D eigenvalue weighted by molar-refractivity contribution is 5.90. The lowest BCUT2D eigenvalue weighted by molar-refractivity contribution is -0.137. The lowest BCUT2D eigenvalue weighted by Crippen LogP contribution is -2.39. The first-order valence-corrected chi connectivity index (χ1v) is 7.36. The Balaban J connectivity index is 1.98. The van der Waals surface area contributed by atoms with Gasteiger partial charge in [-0.05, 0) is 36.5 Å². The van der Waals surface area contributed by atoms with Gasteiger partial charge in [0.2, 0.25) is 0 Å². The van der Waals surface area contributed by atoms with Crippen molar-refractivity contribution in [1.82, 2.24) is 4.90 Å². The minimum atomic E-state index is -0.860. The predicted octanol–water partition coefficient (Wildman–Crippen LogP) is 3.28. The molecule has 1 aliphatic heterocycles. The van der Waals surface area contributed by atoms with Crippen LogP contribution in [0.1, 0.15) is 44.6 Å². The molecule has 1 fully saturated rings. The molecule has 1 aromatic carbocycles. The summed E-state index contributed by atoms with van der Waals surface area (Å²) in [5.41, 5.74) is 1.96. The SMILES string of the molecule is CC(C)c1ccc(NC(=O)N2CCCC2CC(=O)O)cc1. The van der Waals surface area contributed by atoms with Crippen LogP contribution in [0.5, 0.6) is 0 Å². The van der Waals surface area contributed by atoms with Gasteiger partial charge >= 0.3 is 12.0 Å². The number of hydrogen-bond donors (Lipinski definition) is 2. The maximum Gasteiger partial charge on any atom is 0.322 e. The van der Waals surface area contributed by atoms with Crippen molar-refractivity contribution in [3.05, 3.63) is 29.8 Å². The summed E-state index contributed by atoms with van der Waals surface area (Å²) in [5, 5.41) is 11.7. The Bertz CT molecular complexity index is 511. The summed E-state index contributed by atoms with van der Waals surface area (Å²) in [6, 6.07) is 7.36. The third-order valence-corrected chi connectivity index (χ3v) is 3.88. The molecule has 21 heavy (non-hydrogen) atoms. The summed E-state index contributed by atoms with van der Waals surface area (Å²) >= 11 is 0. The lowest BCUT2D eigenvalue weighted by atomic mass is 10.0. The van der Waals surface area contributed by atoms with E-state index in [2.05, 4.69) is 19.2 Å². The van der Waals surface area contributed by atoms with E-state index in [1.54, 1.807) is 4.90 Å². The summed E-state index contributed by atoms with van der Waals surface area (Å²) < 4.78 is 0. The Morgan fingerprint density at radius 2 is 2.00 bits per heavy atom. The molecule has 1 unspecified atom stereocenters. The van der Waals surface area contributed by atoms with Crippen LogP contribution in [-0.2, 0) is 4.79 Å². The molecule has 5 heteroatoms. The van der Waals surface area contributed by atoms with Crippen LogP contribution in [0.3, 0.4) is 0 Å². The van der Waals surface area contributed by atoms with Crippen molar-refractivity contribution < 1.29 is 14.7 Å². The van der Waals surface area contributed by atoms with Crippen LogP contribution in [0.25, 0.3) is 0 Å². The van der Waals surface area contributed by atoms with Crippen LogP contribution in [-0.4, -0.2) is 34.6 Å². The number of hydrogen-bond acceptors (Lipinski definition) is 2. The van der Waals surface area contributed by atoms with Crippen molar-refractivity contribution in [3.8, 4) is 0 Å². The van der Waals surface area contributed by atoms with Gasteiger partial charge in [-0.1, -0.05) is 26.0 Å². The van der Waals surface area contributed by atoms with Gasteiger partial charge in [0.1, 0.15) is 0 Å². The molecule has 1 aromatic rings. The van der Waals surface area contributed by atoms with Crippen LogP contribution < -0.4 is 5.32 Å². The molecule has 5 nitrogen and oxygen atoms in total. The topological polar surface area (TPSA) is 69.6 Å². The van der Waals surface area contributed by atoms with E-state index < -0.39 is 5.97 Å². The van der Waals surface area contributed by atoms with Crippen molar-refractivity contribution >= 4 is 17.7 Å². The van der Waals surface area contributed by atoms with E-state index in [0.717, 1.165) is 18.5 Å². The fraction of sp³-hybridized carbons (Fsp3) is 0.500. The molecule has 0 spiro atoms. The number of nitrogens with zero attached hydrogens (tertiary/aromatic N) is 1. The molecule has 0 bridgehead atoms. The standard InChI is InChI=1S/C16H22N2O3/c1-11(2)12-5-7-13(8-6-12)17-16(21)18-9-3-4-14(18)10-15(19)20/h5-8,11,14H,3-4,9-10H2,1-2H3,(H,17,21)(H,19,20). The van der Waals surface area contributed by atoms with Gasteiger partial charge in [0.25, 0.3) is 0 Å². The van der Waals surface area contributed by atoms with E-state index in [-0.39, 0.29) is 18.5 Å². The number of aliphatic carboxylic acids is 1. The number of urea groups is 1. The molecule has 114 valence electrons. The van der Waals surface area contributed by atoms with Gasteiger partial charge in [0.15, 0.2) is 0 Å². The second-order valence-electron chi connectivity index (χ2n) is 5.79. The first kappa shape index (κ1) is 15.4. The Labute approximate surface area is 125 Å². The number of nitrogens with one attached hydrogen (secondary N) is 1. The summed E-state index contributed by atoms with van der Waals surface area (Å²) in [7, 11) is 0. The molecule has 0 aliphatic carbocycles. The second-order valence-corrected chi connectivity index (χ2v) is 5.79. The summed E-state index contributed by atoms with van der Waals surface area (Å²) in [6.45, 7) is 4.86. The third-order valence-electron chi connectivity index (χ3n) is 3.88. The van der Waals surface area contributed by atoms with Gasteiger partial charge in [0, 0.05) is 18.3 Å². The summed E-state index contributed by atoms with van der Waals surface area (Å²) in [5.74, 6) is -0.408. The number of carbonyl (C=O) groups excluding carboxylic acids is 1. The van der Waals surface area contributed by atoms with Crippen molar-refractivity contribution in [3.63, 3.8) is 0 Å². The average molecular weight is 290 g/mol. The molecule has 0 radical (unpaired) electrons. The average Bonchev–Trinajstić information content (AvgIpc) is 2.86. The van der Waals surface area contributed by atoms with E-state index in [0.29, 0.717) is 12.5 Å². The molecule has 1 aliphatic rings. The molecule has 2 amide bonds. The minimum absolute atomic E-state index is 0.0136. The highest BCUT2D eigenvalue weighted by atomic mass is 16.4. The molecule has 0 saturated carbocycles. The zero-order valence-electron chi connectivity index (χ0n) is 12.5. The van der Waals surface area contributed by atoms with Gasteiger partial charge in [-0.25, -0.2) is 4.79 Å². The van der Waals surface area contributed by atoms with E-state index in [1.165, 1.54) is 5.56 Å². The van der Waals surface area contributed by atoms with E-state index in [9.17, 15) is 9.59 Å².